The van der Waals surface area contributed by atoms with Crippen molar-refractivity contribution in [2.24, 2.45) is 11.5 Å². The van der Waals surface area contributed by atoms with Crippen molar-refractivity contribution in [2.45, 2.75) is 13.7 Å². The van der Waals surface area contributed by atoms with Gasteiger partial charge in [0.1, 0.15) is 11.5 Å². The molecule has 160 valence electrons. The van der Waals surface area contributed by atoms with Gasteiger partial charge in [-0.15, -0.1) is 0 Å². The highest BCUT2D eigenvalue weighted by Gasteiger charge is 2.21. The molecular formula is C24H30B2N2O3. The van der Waals surface area contributed by atoms with Gasteiger partial charge in [0.05, 0.1) is 0 Å². The molecule has 31 heavy (non-hydrogen) atoms. The Hall–Kier alpha value is -2.57. The van der Waals surface area contributed by atoms with Crippen molar-refractivity contribution in [3.8, 4) is 11.5 Å². The molecular weight excluding hydrogens is 386 g/mol. The van der Waals surface area contributed by atoms with Crippen LogP contribution in [0.4, 0.5) is 0 Å². The van der Waals surface area contributed by atoms with Crippen LogP contribution in [0.15, 0.2) is 72.8 Å². The Balaban J connectivity index is 1.69. The Morgan fingerprint density at radius 3 is 1.87 bits per heavy atom. The first-order valence-electron chi connectivity index (χ1n) is 10.7. The summed E-state index contributed by atoms with van der Waals surface area (Å²) in [6.07, 6.45) is 0. The van der Waals surface area contributed by atoms with E-state index in [4.69, 9.17) is 25.5 Å². The van der Waals surface area contributed by atoms with Crippen LogP contribution in [0.5, 0.6) is 11.5 Å². The molecule has 5 nitrogen and oxygen atoms in total. The smallest absolute Gasteiger partial charge is 0.361 e. The zero-order chi connectivity index (χ0) is 22.1. The van der Waals surface area contributed by atoms with Crippen molar-refractivity contribution < 1.29 is 14.0 Å². The lowest BCUT2D eigenvalue weighted by molar-refractivity contribution is 0.341. The zero-order valence-electron chi connectivity index (χ0n) is 18.3. The summed E-state index contributed by atoms with van der Waals surface area (Å²) in [5, 5.41) is 0. The minimum absolute atomic E-state index is 0.00367. The molecule has 3 aromatic carbocycles. The van der Waals surface area contributed by atoms with Crippen molar-refractivity contribution in [3.63, 3.8) is 0 Å². The minimum Gasteiger partial charge on any atom is -0.457 e. The molecule has 3 aromatic rings. The first kappa shape index (κ1) is 23.1. The second kappa shape index (κ2) is 11.7. The quantitative estimate of drug-likeness (QED) is 0.465. The van der Waals surface area contributed by atoms with Crippen LogP contribution in [0.1, 0.15) is 5.56 Å². The van der Waals surface area contributed by atoms with Gasteiger partial charge < -0.3 is 25.5 Å². The van der Waals surface area contributed by atoms with Crippen LogP contribution in [-0.2, 0) is 9.31 Å². The summed E-state index contributed by atoms with van der Waals surface area (Å²) in [7, 11) is 0. The summed E-state index contributed by atoms with van der Waals surface area (Å²) < 4.78 is 17.7. The third-order valence-corrected chi connectivity index (χ3v) is 5.00. The Morgan fingerprint density at radius 1 is 0.710 bits per heavy atom. The highest BCUT2D eigenvalue weighted by atomic mass is 16.5. The van der Waals surface area contributed by atoms with Crippen molar-refractivity contribution >= 4 is 30.2 Å². The molecule has 0 unspecified atom stereocenters. The molecule has 0 saturated carbocycles. The molecule has 0 radical (unpaired) electrons. The molecule has 0 fully saturated rings. The van der Waals surface area contributed by atoms with Crippen LogP contribution < -0.4 is 32.6 Å². The lowest BCUT2D eigenvalue weighted by Crippen LogP contribution is -2.45. The molecule has 3 rings (SSSR count). The van der Waals surface area contributed by atoms with Gasteiger partial charge in [0.2, 0.25) is 0 Å². The summed E-state index contributed by atoms with van der Waals surface area (Å²) in [5.74, 6) is 1.54. The van der Waals surface area contributed by atoms with E-state index >= 15 is 0 Å². The van der Waals surface area contributed by atoms with E-state index in [2.05, 4.69) is 25.1 Å². The number of rotatable bonds is 11. The highest BCUT2D eigenvalue weighted by molar-refractivity contribution is 6.80. The number of aryl methyl sites for hydroxylation is 1. The molecule has 0 atom stereocenters. The molecule has 0 amide bonds. The summed E-state index contributed by atoms with van der Waals surface area (Å²) >= 11 is 0. The van der Waals surface area contributed by atoms with Gasteiger partial charge >= 0.3 is 13.8 Å². The predicted molar refractivity (Wildman–Crippen MR) is 130 cm³/mol. The average molecular weight is 416 g/mol. The standard InChI is InChI=1S/C24H30B2N2O3/c1-19-4-3-5-22(18-19)26(30-17-15-28)21-8-12-24(13-9-21)31-23-10-6-20(7-11-23)25(2)29-16-14-27/h3-13,18H,14-17,27-28H2,1-2H3. The lowest BCUT2D eigenvalue weighted by Gasteiger charge is -2.16. The second-order valence-corrected chi connectivity index (χ2v) is 7.50. The third-order valence-electron chi connectivity index (χ3n) is 5.00. The molecule has 0 heterocycles. The second-order valence-electron chi connectivity index (χ2n) is 7.50. The van der Waals surface area contributed by atoms with Gasteiger partial charge in [-0.25, -0.2) is 0 Å². The van der Waals surface area contributed by atoms with Crippen LogP contribution in [0.2, 0.25) is 6.82 Å². The maximum atomic E-state index is 6.05. The maximum Gasteiger partial charge on any atom is 0.361 e. The first-order valence-corrected chi connectivity index (χ1v) is 10.7. The minimum atomic E-state index is -0.160. The fourth-order valence-electron chi connectivity index (χ4n) is 3.40. The third kappa shape index (κ3) is 6.71. The number of ether oxygens (including phenoxy) is 1. The monoisotopic (exact) mass is 416 g/mol. The molecule has 0 aliphatic rings. The van der Waals surface area contributed by atoms with Crippen LogP contribution in [-0.4, -0.2) is 40.1 Å². The lowest BCUT2D eigenvalue weighted by atomic mass is 9.55. The average Bonchev–Trinajstić information content (AvgIpc) is 2.79. The summed E-state index contributed by atoms with van der Waals surface area (Å²) in [6.45, 7) is 5.98. The summed E-state index contributed by atoms with van der Waals surface area (Å²) in [4.78, 5) is 0. The molecule has 0 saturated heterocycles. The summed E-state index contributed by atoms with van der Waals surface area (Å²) in [6, 6.07) is 24.3. The number of nitrogens with two attached hydrogens (primary N) is 2. The summed E-state index contributed by atoms with van der Waals surface area (Å²) in [5.41, 5.74) is 15.6. The Bertz CT molecular complexity index is 936. The molecule has 0 aromatic heterocycles. The Morgan fingerprint density at radius 2 is 1.29 bits per heavy atom. The topological polar surface area (TPSA) is 79.7 Å². The van der Waals surface area contributed by atoms with Gasteiger partial charge in [-0.05, 0) is 47.6 Å². The van der Waals surface area contributed by atoms with E-state index in [1.54, 1.807) is 0 Å². The van der Waals surface area contributed by atoms with Crippen molar-refractivity contribution in [1.29, 1.82) is 0 Å². The van der Waals surface area contributed by atoms with E-state index < -0.39 is 0 Å². The number of hydrogen-bond acceptors (Lipinski definition) is 5. The van der Waals surface area contributed by atoms with Gasteiger partial charge in [-0.1, -0.05) is 60.9 Å². The zero-order valence-corrected chi connectivity index (χ0v) is 18.3. The van der Waals surface area contributed by atoms with Crippen molar-refractivity contribution in [2.75, 3.05) is 26.3 Å². The molecule has 4 N–H and O–H groups in total. The first-order chi connectivity index (χ1) is 15.1. The van der Waals surface area contributed by atoms with Gasteiger partial charge in [0.15, 0.2) is 0 Å². The van der Waals surface area contributed by atoms with E-state index in [1.807, 2.05) is 61.4 Å². The maximum absolute atomic E-state index is 6.05. The normalized spacial score (nSPS) is 10.7. The van der Waals surface area contributed by atoms with Crippen LogP contribution in [0.3, 0.4) is 0 Å². The Labute approximate surface area is 185 Å². The number of benzene rings is 3. The van der Waals surface area contributed by atoms with E-state index in [-0.39, 0.29) is 13.8 Å². The predicted octanol–water partition coefficient (Wildman–Crippen LogP) is 1.67. The fraction of sp³-hybridized carbons (Fsp3) is 0.250. The van der Waals surface area contributed by atoms with Crippen LogP contribution in [0, 0.1) is 6.92 Å². The molecule has 0 bridgehead atoms. The number of hydrogen-bond donors (Lipinski definition) is 2. The van der Waals surface area contributed by atoms with E-state index in [1.165, 1.54) is 5.56 Å². The largest absolute Gasteiger partial charge is 0.457 e. The van der Waals surface area contributed by atoms with Gasteiger partial charge in [-0.3, -0.25) is 0 Å². The highest BCUT2D eigenvalue weighted by Crippen LogP contribution is 2.19. The van der Waals surface area contributed by atoms with E-state index in [0.717, 1.165) is 27.9 Å². The van der Waals surface area contributed by atoms with Gasteiger partial charge in [0.25, 0.3) is 0 Å². The SMILES string of the molecule is CB(OCCN)c1ccc(Oc2ccc(B(OCCN)c3cccc(C)c3)cc2)cc1. The fourth-order valence-corrected chi connectivity index (χ4v) is 3.40. The van der Waals surface area contributed by atoms with E-state index in [9.17, 15) is 0 Å². The van der Waals surface area contributed by atoms with Crippen molar-refractivity contribution in [3.05, 3.63) is 78.4 Å². The Kier molecular flexibility index (Phi) is 8.74. The van der Waals surface area contributed by atoms with Crippen LogP contribution in [0.25, 0.3) is 0 Å². The molecule has 7 heteroatoms. The van der Waals surface area contributed by atoms with Crippen molar-refractivity contribution in [1.82, 2.24) is 0 Å². The molecule has 0 aliphatic heterocycles. The molecule has 0 aliphatic carbocycles. The van der Waals surface area contributed by atoms with Gasteiger partial charge in [-0.2, -0.15) is 0 Å². The van der Waals surface area contributed by atoms with Crippen LogP contribution >= 0.6 is 0 Å². The van der Waals surface area contributed by atoms with Gasteiger partial charge in [0, 0.05) is 26.3 Å². The van der Waals surface area contributed by atoms with E-state index in [0.29, 0.717) is 26.3 Å². The molecule has 0 spiro atoms.